The lowest BCUT2D eigenvalue weighted by Crippen LogP contribution is -2.38. The second-order valence-electron chi connectivity index (χ2n) is 7.68. The molecule has 2 aromatic rings. The quantitative estimate of drug-likeness (QED) is 0.341. The minimum Gasteiger partial charge on any atom is -0.507 e. The SMILES string of the molecule is CCN(CC)CCN1C(=O)C(=O)C(=C(O)c2ccc(OC)cc2O)[C@H]1c1cccc(OC)c1. The van der Waals surface area contributed by atoms with E-state index in [4.69, 9.17) is 9.47 Å². The van der Waals surface area contributed by atoms with E-state index in [1.807, 2.05) is 13.8 Å². The molecule has 1 fully saturated rings. The Morgan fingerprint density at radius 1 is 1.03 bits per heavy atom. The molecule has 1 atom stereocenters. The van der Waals surface area contributed by atoms with E-state index in [1.54, 1.807) is 30.3 Å². The molecular formula is C25H30N2O6. The van der Waals surface area contributed by atoms with Crippen LogP contribution in [0.25, 0.3) is 5.76 Å². The maximum absolute atomic E-state index is 13.1. The van der Waals surface area contributed by atoms with Crippen LogP contribution in [-0.4, -0.2) is 72.1 Å². The van der Waals surface area contributed by atoms with E-state index in [0.717, 1.165) is 13.1 Å². The fourth-order valence-corrected chi connectivity index (χ4v) is 4.04. The predicted molar refractivity (Wildman–Crippen MR) is 124 cm³/mol. The lowest BCUT2D eigenvalue weighted by atomic mass is 9.94. The molecule has 0 saturated carbocycles. The van der Waals surface area contributed by atoms with Gasteiger partial charge in [0.2, 0.25) is 0 Å². The van der Waals surface area contributed by atoms with Crippen molar-refractivity contribution in [3.05, 3.63) is 59.2 Å². The zero-order valence-corrected chi connectivity index (χ0v) is 19.4. The molecule has 8 heteroatoms. The fourth-order valence-electron chi connectivity index (χ4n) is 4.04. The fraction of sp³-hybridized carbons (Fsp3) is 0.360. The highest BCUT2D eigenvalue weighted by Gasteiger charge is 2.46. The first kappa shape index (κ1) is 24.1. The summed E-state index contributed by atoms with van der Waals surface area (Å²) in [4.78, 5) is 29.8. The molecular weight excluding hydrogens is 424 g/mol. The zero-order chi connectivity index (χ0) is 24.1. The number of nitrogens with zero attached hydrogens (tertiary/aromatic N) is 2. The van der Waals surface area contributed by atoms with Crippen molar-refractivity contribution in [3.63, 3.8) is 0 Å². The van der Waals surface area contributed by atoms with Crippen LogP contribution in [0.1, 0.15) is 31.0 Å². The maximum Gasteiger partial charge on any atom is 0.295 e. The van der Waals surface area contributed by atoms with Crippen LogP contribution in [0.4, 0.5) is 0 Å². The number of amides is 1. The van der Waals surface area contributed by atoms with Gasteiger partial charge in [-0.2, -0.15) is 0 Å². The lowest BCUT2D eigenvalue weighted by Gasteiger charge is -2.28. The van der Waals surface area contributed by atoms with Crippen LogP contribution < -0.4 is 9.47 Å². The van der Waals surface area contributed by atoms with E-state index in [0.29, 0.717) is 30.2 Å². The summed E-state index contributed by atoms with van der Waals surface area (Å²) in [5.74, 6) is -1.22. The Bertz CT molecular complexity index is 1060. The van der Waals surface area contributed by atoms with Crippen LogP contribution in [0.5, 0.6) is 17.2 Å². The van der Waals surface area contributed by atoms with Gasteiger partial charge in [0, 0.05) is 19.2 Å². The largest absolute Gasteiger partial charge is 0.507 e. The summed E-state index contributed by atoms with van der Waals surface area (Å²) in [6.45, 7) is 6.56. The highest BCUT2D eigenvalue weighted by Crippen LogP contribution is 2.41. The molecule has 33 heavy (non-hydrogen) atoms. The third-order valence-corrected chi connectivity index (χ3v) is 5.96. The summed E-state index contributed by atoms with van der Waals surface area (Å²) in [5, 5.41) is 21.6. The second kappa shape index (κ2) is 10.4. The average molecular weight is 455 g/mol. The third kappa shape index (κ3) is 4.80. The molecule has 1 aliphatic rings. The molecule has 3 rings (SSSR count). The van der Waals surface area contributed by atoms with Crippen molar-refractivity contribution in [3.8, 4) is 17.2 Å². The smallest absolute Gasteiger partial charge is 0.295 e. The number of aliphatic hydroxyl groups excluding tert-OH is 1. The predicted octanol–water partition coefficient (Wildman–Crippen LogP) is 3.17. The number of carbonyl (C=O) groups is 2. The maximum atomic E-state index is 13.1. The number of phenols is 1. The van der Waals surface area contributed by atoms with Crippen LogP contribution in [0.15, 0.2) is 48.0 Å². The normalized spacial score (nSPS) is 17.6. The number of Topliss-reactive ketones (excluding diaryl/α,β-unsaturated/α-hetero) is 1. The van der Waals surface area contributed by atoms with Crippen LogP contribution >= 0.6 is 0 Å². The van der Waals surface area contributed by atoms with Crippen molar-refractivity contribution >= 4 is 17.4 Å². The second-order valence-corrected chi connectivity index (χ2v) is 7.68. The van der Waals surface area contributed by atoms with Crippen molar-refractivity contribution in [2.45, 2.75) is 19.9 Å². The van der Waals surface area contributed by atoms with E-state index in [-0.39, 0.29) is 16.9 Å². The third-order valence-electron chi connectivity index (χ3n) is 5.96. The Morgan fingerprint density at radius 3 is 2.30 bits per heavy atom. The molecule has 0 radical (unpaired) electrons. The number of aliphatic hydroxyl groups is 1. The Labute approximate surface area is 193 Å². The number of likely N-dealkylation sites (N-methyl/N-ethyl adjacent to an activating group) is 1. The van der Waals surface area contributed by atoms with Crippen molar-refractivity contribution in [2.75, 3.05) is 40.4 Å². The summed E-state index contributed by atoms with van der Waals surface area (Å²) in [6, 6.07) is 10.6. The minimum atomic E-state index is -0.822. The summed E-state index contributed by atoms with van der Waals surface area (Å²) < 4.78 is 10.4. The van der Waals surface area contributed by atoms with Gasteiger partial charge in [-0.25, -0.2) is 0 Å². The number of hydrogen-bond donors (Lipinski definition) is 2. The van der Waals surface area contributed by atoms with Gasteiger partial charge < -0.3 is 29.5 Å². The van der Waals surface area contributed by atoms with Gasteiger partial charge in [-0.1, -0.05) is 26.0 Å². The summed E-state index contributed by atoms with van der Waals surface area (Å²) >= 11 is 0. The standard InChI is InChI=1S/C25H30N2O6/c1-5-26(6-2)12-13-27-22(16-8-7-9-17(14-16)32-3)21(24(30)25(27)31)23(29)19-11-10-18(33-4)15-20(19)28/h7-11,14-15,22,28-29H,5-6,12-13H2,1-4H3/t22-/m1/s1. The van der Waals surface area contributed by atoms with Gasteiger partial charge in [0.15, 0.2) is 0 Å². The molecule has 1 amide bonds. The van der Waals surface area contributed by atoms with E-state index >= 15 is 0 Å². The van der Waals surface area contributed by atoms with Gasteiger partial charge in [0.1, 0.15) is 23.0 Å². The number of aromatic hydroxyl groups is 1. The van der Waals surface area contributed by atoms with Crippen molar-refractivity contribution < 1.29 is 29.3 Å². The van der Waals surface area contributed by atoms with Crippen molar-refractivity contribution in [1.29, 1.82) is 0 Å². The minimum absolute atomic E-state index is 0.0467. The van der Waals surface area contributed by atoms with E-state index in [1.165, 1.54) is 31.3 Å². The molecule has 0 unspecified atom stereocenters. The number of benzene rings is 2. The molecule has 2 N–H and O–H groups in total. The van der Waals surface area contributed by atoms with Crippen LogP contribution in [0, 0.1) is 0 Å². The molecule has 0 aromatic heterocycles. The first-order valence-corrected chi connectivity index (χ1v) is 10.9. The molecule has 1 aliphatic heterocycles. The molecule has 8 nitrogen and oxygen atoms in total. The average Bonchev–Trinajstić information content (AvgIpc) is 3.09. The molecule has 176 valence electrons. The highest BCUT2D eigenvalue weighted by molar-refractivity contribution is 6.46. The highest BCUT2D eigenvalue weighted by atomic mass is 16.5. The van der Waals surface area contributed by atoms with Crippen LogP contribution in [-0.2, 0) is 9.59 Å². The van der Waals surface area contributed by atoms with E-state index in [2.05, 4.69) is 4.90 Å². The monoisotopic (exact) mass is 454 g/mol. The summed E-state index contributed by atoms with van der Waals surface area (Å²) in [6.07, 6.45) is 0. The van der Waals surface area contributed by atoms with E-state index in [9.17, 15) is 19.8 Å². The van der Waals surface area contributed by atoms with Gasteiger partial charge in [-0.05, 0) is 42.9 Å². The molecule has 2 aromatic carbocycles. The first-order chi connectivity index (χ1) is 15.9. The van der Waals surface area contributed by atoms with E-state index < -0.39 is 23.5 Å². The Kier molecular flexibility index (Phi) is 7.60. The Balaban J connectivity index is 2.14. The molecule has 0 bridgehead atoms. The van der Waals surface area contributed by atoms with Gasteiger partial charge >= 0.3 is 0 Å². The van der Waals surface area contributed by atoms with Crippen LogP contribution in [0.3, 0.4) is 0 Å². The van der Waals surface area contributed by atoms with Gasteiger partial charge in [0.05, 0.1) is 31.4 Å². The van der Waals surface area contributed by atoms with Gasteiger partial charge in [-0.3, -0.25) is 9.59 Å². The number of ketones is 1. The lowest BCUT2D eigenvalue weighted by molar-refractivity contribution is -0.140. The topological polar surface area (TPSA) is 99.5 Å². The Morgan fingerprint density at radius 2 is 1.70 bits per heavy atom. The number of hydrogen-bond acceptors (Lipinski definition) is 7. The van der Waals surface area contributed by atoms with Crippen molar-refractivity contribution in [1.82, 2.24) is 9.80 Å². The number of methoxy groups -OCH3 is 2. The number of ether oxygens (including phenoxy) is 2. The Hall–Kier alpha value is -3.52. The number of likely N-dealkylation sites (tertiary alicyclic amines) is 1. The first-order valence-electron chi connectivity index (χ1n) is 10.9. The molecule has 0 aliphatic carbocycles. The number of carbonyl (C=O) groups excluding carboxylic acids is 2. The van der Waals surface area contributed by atoms with Gasteiger partial charge in [-0.15, -0.1) is 0 Å². The molecule has 1 saturated heterocycles. The molecule has 1 heterocycles. The summed E-state index contributed by atoms with van der Waals surface area (Å²) in [5.41, 5.74) is 0.598. The molecule has 0 spiro atoms. The zero-order valence-electron chi connectivity index (χ0n) is 19.4. The summed E-state index contributed by atoms with van der Waals surface area (Å²) in [7, 11) is 2.99. The number of phenolic OH excluding ortho intramolecular Hbond substituents is 1. The van der Waals surface area contributed by atoms with Crippen molar-refractivity contribution in [2.24, 2.45) is 0 Å². The van der Waals surface area contributed by atoms with Gasteiger partial charge in [0.25, 0.3) is 11.7 Å². The van der Waals surface area contributed by atoms with Crippen LogP contribution in [0.2, 0.25) is 0 Å². The number of rotatable bonds is 9.